The lowest BCUT2D eigenvalue weighted by molar-refractivity contribution is -0.104. The number of nitrogens with zero attached hydrogens (tertiary/aromatic N) is 2. The normalized spacial score (nSPS) is 43.2. The Hall–Kier alpha value is 0.500. The molecule has 6 fully saturated rings. The molecule has 0 aromatic carbocycles. The van der Waals surface area contributed by atoms with Gasteiger partial charge in [0.1, 0.15) is 0 Å². The van der Waals surface area contributed by atoms with Gasteiger partial charge in [-0.1, -0.05) is 19.3 Å². The van der Waals surface area contributed by atoms with Gasteiger partial charge in [-0.05, 0) is 69.1 Å². The molecule has 5 aliphatic carbocycles. The van der Waals surface area contributed by atoms with Gasteiger partial charge in [0.15, 0.2) is 0 Å². The Labute approximate surface area is 160 Å². The van der Waals surface area contributed by atoms with Crippen LogP contribution in [0.3, 0.4) is 0 Å². The van der Waals surface area contributed by atoms with Gasteiger partial charge in [-0.3, -0.25) is 9.80 Å². The monoisotopic (exact) mass is 374 g/mol. The van der Waals surface area contributed by atoms with Gasteiger partial charge in [0, 0.05) is 37.8 Å². The lowest BCUT2D eigenvalue weighted by atomic mass is 9.52. The smallest absolute Gasteiger partial charge is 0.0218 e. The van der Waals surface area contributed by atoms with E-state index in [2.05, 4.69) is 9.80 Å². The molecule has 2 nitrogen and oxygen atoms in total. The van der Waals surface area contributed by atoms with Crippen molar-refractivity contribution in [2.75, 3.05) is 26.2 Å². The highest BCUT2D eigenvalue weighted by Gasteiger charge is 2.53. The van der Waals surface area contributed by atoms with Crippen LogP contribution in [-0.2, 0) is 0 Å². The molecule has 1 aliphatic heterocycles. The second-order valence-corrected chi connectivity index (χ2v) is 9.46. The molecule has 4 heteroatoms. The molecule has 24 heavy (non-hydrogen) atoms. The summed E-state index contributed by atoms with van der Waals surface area (Å²) in [6.07, 6.45) is 16.9. The average molecular weight is 375 g/mol. The lowest BCUT2D eigenvalue weighted by Gasteiger charge is -2.62. The van der Waals surface area contributed by atoms with E-state index in [4.69, 9.17) is 0 Å². The summed E-state index contributed by atoms with van der Waals surface area (Å²) in [6, 6.07) is 0.937. The van der Waals surface area contributed by atoms with Crippen molar-refractivity contribution in [2.45, 2.75) is 82.2 Å². The van der Waals surface area contributed by atoms with Gasteiger partial charge >= 0.3 is 0 Å². The van der Waals surface area contributed by atoms with Crippen molar-refractivity contribution >= 4 is 24.8 Å². The van der Waals surface area contributed by atoms with Crippen LogP contribution >= 0.6 is 24.8 Å². The van der Waals surface area contributed by atoms with Crippen molar-refractivity contribution in [3.05, 3.63) is 0 Å². The summed E-state index contributed by atoms with van der Waals surface area (Å²) in [5.74, 6) is 3.30. The minimum absolute atomic E-state index is 0. The Bertz CT molecular complexity index is 379. The maximum atomic E-state index is 2.98. The Kier molecular flexibility index (Phi) is 6.12. The van der Waals surface area contributed by atoms with Crippen molar-refractivity contribution in [3.63, 3.8) is 0 Å². The fraction of sp³-hybridized carbons (Fsp3) is 1.00. The molecule has 0 atom stereocenters. The Morgan fingerprint density at radius 2 is 1.12 bits per heavy atom. The third-order valence-electron chi connectivity index (χ3n) is 8.08. The zero-order valence-electron chi connectivity index (χ0n) is 15.1. The topological polar surface area (TPSA) is 6.48 Å². The molecule has 0 N–H and O–H groups in total. The molecule has 1 heterocycles. The first kappa shape index (κ1) is 19.3. The van der Waals surface area contributed by atoms with Gasteiger partial charge < -0.3 is 0 Å². The molecule has 1 saturated heterocycles. The Morgan fingerprint density at radius 3 is 1.62 bits per heavy atom. The van der Waals surface area contributed by atoms with E-state index in [9.17, 15) is 0 Å². The maximum absolute atomic E-state index is 2.98. The Morgan fingerprint density at radius 1 is 0.625 bits per heavy atom. The molecule has 6 rings (SSSR count). The highest BCUT2D eigenvalue weighted by Crippen LogP contribution is 2.57. The third kappa shape index (κ3) is 3.38. The summed E-state index contributed by atoms with van der Waals surface area (Å²) in [5.41, 5.74) is 0.660. The van der Waals surface area contributed by atoms with E-state index in [1.54, 1.807) is 38.5 Å². The predicted molar refractivity (Wildman–Crippen MR) is 105 cm³/mol. The number of halogens is 2. The first-order chi connectivity index (χ1) is 10.8. The van der Waals surface area contributed by atoms with Crippen LogP contribution in [0.15, 0.2) is 0 Å². The molecule has 4 bridgehead atoms. The van der Waals surface area contributed by atoms with Gasteiger partial charge in [0.2, 0.25) is 0 Å². The predicted octanol–water partition coefficient (Wildman–Crippen LogP) is 4.75. The maximum Gasteiger partial charge on any atom is 0.0218 e. The van der Waals surface area contributed by atoms with Gasteiger partial charge in [-0.25, -0.2) is 0 Å². The van der Waals surface area contributed by atoms with Gasteiger partial charge in [0.05, 0.1) is 0 Å². The van der Waals surface area contributed by atoms with Crippen molar-refractivity contribution in [1.29, 1.82) is 0 Å². The standard InChI is InChI=1S/C20H34N2.2ClH/c1-2-4-19(5-3-1)21-6-8-22(9-7-21)20-13-16-10-17(14-20)12-18(11-16)15-20;;/h16-19H,1-15H2;2*1H. The Balaban J connectivity index is 0.000000845. The van der Waals surface area contributed by atoms with Crippen molar-refractivity contribution in [1.82, 2.24) is 9.80 Å². The third-order valence-corrected chi connectivity index (χ3v) is 8.08. The highest BCUT2D eigenvalue weighted by molar-refractivity contribution is 5.85. The first-order valence-electron chi connectivity index (χ1n) is 10.3. The molecule has 140 valence electrons. The number of hydrogen-bond donors (Lipinski definition) is 0. The van der Waals surface area contributed by atoms with Crippen LogP contribution in [0.2, 0.25) is 0 Å². The van der Waals surface area contributed by atoms with Gasteiger partial charge in [-0.2, -0.15) is 0 Å². The summed E-state index contributed by atoms with van der Waals surface area (Å²) < 4.78 is 0. The average Bonchev–Trinajstić information content (AvgIpc) is 2.55. The van der Waals surface area contributed by atoms with Crippen LogP contribution in [-0.4, -0.2) is 47.6 Å². The first-order valence-corrected chi connectivity index (χ1v) is 10.3. The molecule has 5 saturated carbocycles. The van der Waals surface area contributed by atoms with Gasteiger partial charge in [-0.15, -0.1) is 24.8 Å². The van der Waals surface area contributed by atoms with Crippen LogP contribution in [0, 0.1) is 17.8 Å². The van der Waals surface area contributed by atoms with Crippen molar-refractivity contribution < 1.29 is 0 Å². The van der Waals surface area contributed by atoms with E-state index in [0.29, 0.717) is 5.54 Å². The molecule has 0 aromatic heterocycles. The van der Waals surface area contributed by atoms with E-state index in [-0.39, 0.29) is 24.8 Å². The number of rotatable bonds is 2. The molecule has 0 amide bonds. The van der Waals surface area contributed by atoms with Crippen molar-refractivity contribution in [2.24, 2.45) is 17.8 Å². The number of piperazine rings is 1. The second-order valence-electron chi connectivity index (χ2n) is 9.46. The molecular formula is C20H36Cl2N2. The second kappa shape index (κ2) is 7.62. The van der Waals surface area contributed by atoms with Crippen LogP contribution in [0.4, 0.5) is 0 Å². The van der Waals surface area contributed by atoms with Crippen LogP contribution in [0.1, 0.15) is 70.6 Å². The van der Waals surface area contributed by atoms with E-state index in [0.717, 1.165) is 23.8 Å². The molecular weight excluding hydrogens is 339 g/mol. The van der Waals surface area contributed by atoms with E-state index < -0.39 is 0 Å². The molecule has 0 spiro atoms. The minimum Gasteiger partial charge on any atom is -0.298 e. The lowest BCUT2D eigenvalue weighted by Crippen LogP contribution is -2.64. The van der Waals surface area contributed by atoms with E-state index in [1.807, 2.05) is 0 Å². The van der Waals surface area contributed by atoms with Crippen LogP contribution < -0.4 is 0 Å². The van der Waals surface area contributed by atoms with Crippen LogP contribution in [0.25, 0.3) is 0 Å². The molecule has 0 aromatic rings. The molecule has 0 radical (unpaired) electrons. The zero-order valence-corrected chi connectivity index (χ0v) is 16.8. The highest BCUT2D eigenvalue weighted by atomic mass is 35.5. The zero-order chi connectivity index (χ0) is 14.6. The van der Waals surface area contributed by atoms with Crippen LogP contribution in [0.5, 0.6) is 0 Å². The van der Waals surface area contributed by atoms with Crippen molar-refractivity contribution in [3.8, 4) is 0 Å². The largest absolute Gasteiger partial charge is 0.298 e. The summed E-state index contributed by atoms with van der Waals surface area (Å²) in [5, 5.41) is 0. The summed E-state index contributed by atoms with van der Waals surface area (Å²) in [6.45, 7) is 5.49. The summed E-state index contributed by atoms with van der Waals surface area (Å²) >= 11 is 0. The molecule has 0 unspecified atom stereocenters. The molecule has 6 aliphatic rings. The minimum atomic E-state index is 0. The fourth-order valence-electron chi connectivity index (χ4n) is 7.46. The summed E-state index contributed by atoms with van der Waals surface area (Å²) in [4.78, 5) is 5.84. The van der Waals surface area contributed by atoms with E-state index in [1.165, 1.54) is 58.3 Å². The SMILES string of the molecule is C1CCC(N2CCN(C34CC5CC(CC(C5)C3)C4)CC2)CC1.Cl.Cl. The summed E-state index contributed by atoms with van der Waals surface area (Å²) in [7, 11) is 0. The fourth-order valence-corrected chi connectivity index (χ4v) is 7.46. The quantitative estimate of drug-likeness (QED) is 0.687. The van der Waals surface area contributed by atoms with E-state index >= 15 is 0 Å². The van der Waals surface area contributed by atoms with Gasteiger partial charge in [0.25, 0.3) is 0 Å². The number of hydrogen-bond acceptors (Lipinski definition) is 2.